The second-order valence-electron chi connectivity index (χ2n) is 5.69. The molecule has 3 N–H and O–H groups in total. The van der Waals surface area contributed by atoms with Crippen LogP contribution in [-0.2, 0) is 19.1 Å². The van der Waals surface area contributed by atoms with Gasteiger partial charge in [0.1, 0.15) is 12.4 Å². The number of hydrogen-bond acceptors (Lipinski definition) is 8. The van der Waals surface area contributed by atoms with Gasteiger partial charge in [-0.05, 0) is 31.2 Å². The lowest BCUT2D eigenvalue weighted by Gasteiger charge is -2.31. The van der Waals surface area contributed by atoms with E-state index in [1.807, 2.05) is 0 Å². The van der Waals surface area contributed by atoms with E-state index in [0.29, 0.717) is 17.7 Å². The number of aliphatic hydroxyl groups is 1. The standard InChI is InChI=1S/C15H21BN2O6S/c1-10(20)9-11-4-5-13(16(22)24-11)17-15(21)14(18-23-7-6-19)12-3-2-8-25-12/h2-3,8,11,13,19,22H,4-7,9H2,1H3,(H,17,21)/b18-14+/t11-,13-/m0/s1. The van der Waals surface area contributed by atoms with Crippen LogP contribution < -0.4 is 5.32 Å². The summed E-state index contributed by atoms with van der Waals surface area (Å²) < 4.78 is 5.40. The summed E-state index contributed by atoms with van der Waals surface area (Å²) in [6.45, 7) is 1.24. The predicted octanol–water partition coefficient (Wildman–Crippen LogP) is 0.124. The molecule has 25 heavy (non-hydrogen) atoms. The topological polar surface area (TPSA) is 117 Å². The van der Waals surface area contributed by atoms with Crippen LogP contribution >= 0.6 is 11.3 Å². The number of rotatable bonds is 8. The third-order valence-electron chi connectivity index (χ3n) is 3.62. The fourth-order valence-corrected chi connectivity index (χ4v) is 3.18. The highest BCUT2D eigenvalue weighted by atomic mass is 32.1. The summed E-state index contributed by atoms with van der Waals surface area (Å²) in [5, 5.41) is 27.1. The van der Waals surface area contributed by atoms with Gasteiger partial charge in [-0.25, -0.2) is 0 Å². The van der Waals surface area contributed by atoms with E-state index < -0.39 is 19.0 Å². The Morgan fingerprint density at radius 3 is 2.92 bits per heavy atom. The lowest BCUT2D eigenvalue weighted by molar-refractivity contribution is -0.119. The molecule has 0 radical (unpaired) electrons. The molecule has 1 aliphatic heterocycles. The molecule has 0 aliphatic carbocycles. The van der Waals surface area contributed by atoms with Crippen LogP contribution in [0.3, 0.4) is 0 Å². The second kappa shape index (κ2) is 9.66. The van der Waals surface area contributed by atoms with E-state index in [4.69, 9.17) is 14.6 Å². The minimum absolute atomic E-state index is 0.00664. The molecule has 1 aliphatic rings. The Kier molecular flexibility index (Phi) is 7.57. The highest BCUT2D eigenvalue weighted by Gasteiger charge is 2.37. The number of carbonyl (C=O) groups excluding carboxylic acids is 2. The number of Topliss-reactive ketones (excluding diaryl/α,β-unsaturated/α-hetero) is 1. The summed E-state index contributed by atoms with van der Waals surface area (Å²) in [4.78, 5) is 29.2. The number of oxime groups is 1. The molecule has 10 heteroatoms. The predicted molar refractivity (Wildman–Crippen MR) is 93.2 cm³/mol. The molecule has 1 saturated heterocycles. The molecule has 0 bridgehead atoms. The quantitative estimate of drug-likeness (QED) is 0.260. The van der Waals surface area contributed by atoms with Crippen molar-refractivity contribution in [2.75, 3.05) is 13.2 Å². The number of ketones is 1. The van der Waals surface area contributed by atoms with Gasteiger partial charge in [-0.3, -0.25) is 9.59 Å². The lowest BCUT2D eigenvalue weighted by atomic mass is 9.72. The Hall–Kier alpha value is -1.75. The van der Waals surface area contributed by atoms with Crippen LogP contribution in [0.2, 0.25) is 0 Å². The molecule has 1 aromatic heterocycles. The van der Waals surface area contributed by atoms with Crippen LogP contribution in [0.1, 0.15) is 31.1 Å². The first-order chi connectivity index (χ1) is 12.0. The highest BCUT2D eigenvalue weighted by molar-refractivity contribution is 7.13. The van der Waals surface area contributed by atoms with Crippen LogP contribution in [0.25, 0.3) is 0 Å². The van der Waals surface area contributed by atoms with Crippen molar-refractivity contribution < 1.29 is 29.2 Å². The van der Waals surface area contributed by atoms with Crippen molar-refractivity contribution in [3.8, 4) is 0 Å². The first-order valence-electron chi connectivity index (χ1n) is 7.99. The fraction of sp³-hybridized carbons (Fsp3) is 0.533. The first kappa shape index (κ1) is 19.6. The minimum atomic E-state index is -1.19. The maximum Gasteiger partial charge on any atom is 0.478 e. The SMILES string of the molecule is CC(=O)C[C@@H]1CC[C@H](NC(=O)/C(=N/OCCO)c2cccs2)B(O)O1. The highest BCUT2D eigenvalue weighted by Crippen LogP contribution is 2.19. The van der Waals surface area contributed by atoms with Crippen LogP contribution in [0.5, 0.6) is 0 Å². The van der Waals surface area contributed by atoms with Crippen LogP contribution in [0.4, 0.5) is 0 Å². The zero-order chi connectivity index (χ0) is 18.2. The molecule has 2 atom stereocenters. The van der Waals surface area contributed by atoms with Crippen LogP contribution in [0.15, 0.2) is 22.7 Å². The molecule has 8 nitrogen and oxygen atoms in total. The van der Waals surface area contributed by atoms with E-state index in [9.17, 15) is 14.6 Å². The van der Waals surface area contributed by atoms with Crippen molar-refractivity contribution in [3.05, 3.63) is 22.4 Å². The molecule has 0 unspecified atom stereocenters. The Bertz CT molecular complexity index is 609. The summed E-state index contributed by atoms with van der Waals surface area (Å²) in [5.74, 6) is -1.11. The van der Waals surface area contributed by atoms with Crippen molar-refractivity contribution in [2.24, 2.45) is 5.16 Å². The second-order valence-corrected chi connectivity index (χ2v) is 6.63. The smallest absolute Gasteiger partial charge is 0.426 e. The summed E-state index contributed by atoms with van der Waals surface area (Å²) >= 11 is 1.32. The number of hydrogen-bond donors (Lipinski definition) is 3. The van der Waals surface area contributed by atoms with Crippen LogP contribution in [-0.4, -0.2) is 59.9 Å². The van der Waals surface area contributed by atoms with E-state index in [2.05, 4.69) is 10.5 Å². The normalized spacial score (nSPS) is 21.1. The van der Waals surface area contributed by atoms with E-state index in [1.165, 1.54) is 18.3 Å². The van der Waals surface area contributed by atoms with Gasteiger partial charge in [0.05, 0.1) is 17.4 Å². The average molecular weight is 368 g/mol. The van der Waals surface area contributed by atoms with Gasteiger partial charge in [-0.1, -0.05) is 11.2 Å². The number of amides is 1. The molecule has 0 saturated carbocycles. The number of aliphatic hydroxyl groups excluding tert-OH is 1. The summed E-state index contributed by atoms with van der Waals surface area (Å²) in [6.07, 6.45) is 0.960. The summed E-state index contributed by atoms with van der Waals surface area (Å²) in [6, 6.07) is 3.50. The molecule has 1 amide bonds. The molecule has 136 valence electrons. The zero-order valence-corrected chi connectivity index (χ0v) is 14.7. The van der Waals surface area contributed by atoms with E-state index in [0.717, 1.165) is 0 Å². The third-order valence-corrected chi connectivity index (χ3v) is 4.49. The van der Waals surface area contributed by atoms with Crippen molar-refractivity contribution in [1.82, 2.24) is 5.32 Å². The Morgan fingerprint density at radius 2 is 2.32 bits per heavy atom. The maximum absolute atomic E-state index is 12.5. The van der Waals surface area contributed by atoms with E-state index in [-0.39, 0.29) is 37.2 Å². The summed E-state index contributed by atoms with van der Waals surface area (Å²) in [5.41, 5.74) is 0.0708. The van der Waals surface area contributed by atoms with Crippen molar-refractivity contribution in [3.63, 3.8) is 0 Å². The molecular weight excluding hydrogens is 347 g/mol. The molecule has 0 aromatic carbocycles. The van der Waals surface area contributed by atoms with Gasteiger partial charge < -0.3 is 24.9 Å². The van der Waals surface area contributed by atoms with Gasteiger partial charge in [-0.2, -0.15) is 0 Å². The summed E-state index contributed by atoms with van der Waals surface area (Å²) in [7, 11) is -1.19. The molecule has 2 heterocycles. The first-order valence-corrected chi connectivity index (χ1v) is 8.87. The van der Waals surface area contributed by atoms with Crippen molar-refractivity contribution >= 4 is 35.9 Å². The van der Waals surface area contributed by atoms with Gasteiger partial charge >= 0.3 is 7.12 Å². The van der Waals surface area contributed by atoms with Gasteiger partial charge in [0.25, 0.3) is 5.91 Å². The van der Waals surface area contributed by atoms with Gasteiger partial charge in [-0.15, -0.1) is 11.3 Å². The average Bonchev–Trinajstić information content (AvgIpc) is 3.07. The number of nitrogens with zero attached hydrogens (tertiary/aromatic N) is 1. The Labute approximate surface area is 150 Å². The third kappa shape index (κ3) is 5.93. The van der Waals surface area contributed by atoms with E-state index in [1.54, 1.807) is 17.5 Å². The van der Waals surface area contributed by atoms with Gasteiger partial charge in [0.2, 0.25) is 0 Å². The van der Waals surface area contributed by atoms with Crippen LogP contribution in [0, 0.1) is 0 Å². The zero-order valence-electron chi connectivity index (χ0n) is 13.9. The Morgan fingerprint density at radius 1 is 1.52 bits per heavy atom. The van der Waals surface area contributed by atoms with Crippen molar-refractivity contribution in [2.45, 2.75) is 38.2 Å². The largest absolute Gasteiger partial charge is 0.478 e. The monoisotopic (exact) mass is 368 g/mol. The Balaban J connectivity index is 1.98. The van der Waals surface area contributed by atoms with Crippen molar-refractivity contribution in [1.29, 1.82) is 0 Å². The number of carbonyl (C=O) groups is 2. The molecular formula is C15H21BN2O6S. The van der Waals surface area contributed by atoms with Gasteiger partial charge in [0, 0.05) is 12.5 Å². The molecule has 0 spiro atoms. The number of nitrogens with one attached hydrogen (secondary N) is 1. The molecule has 1 fully saturated rings. The maximum atomic E-state index is 12.5. The minimum Gasteiger partial charge on any atom is -0.426 e. The number of thiophene rings is 1. The molecule has 1 aromatic rings. The lowest BCUT2D eigenvalue weighted by Crippen LogP contribution is -2.54. The molecule has 2 rings (SSSR count). The fourth-order valence-electron chi connectivity index (χ4n) is 2.48. The van der Waals surface area contributed by atoms with E-state index >= 15 is 0 Å². The van der Waals surface area contributed by atoms with Gasteiger partial charge in [0.15, 0.2) is 5.71 Å².